The molecule has 0 spiro atoms. The Balaban J connectivity index is 1.91. The lowest BCUT2D eigenvalue weighted by molar-refractivity contribution is -0.145. The van der Waals surface area contributed by atoms with Crippen LogP contribution < -0.4 is 0 Å². The SMILES string of the molecule is CC(C)(C)OC(=O)N1CCC(N2CCCC(OS(C)(=O)=O)C2=O)CC1. The molecule has 0 aromatic rings. The van der Waals surface area contributed by atoms with Crippen molar-refractivity contribution in [2.75, 3.05) is 25.9 Å². The molecule has 0 radical (unpaired) electrons. The quantitative estimate of drug-likeness (QED) is 0.690. The number of carbonyl (C=O) groups excluding carboxylic acids is 2. The fourth-order valence-electron chi connectivity index (χ4n) is 3.22. The maximum Gasteiger partial charge on any atom is 0.410 e. The molecule has 0 aromatic heterocycles. The first-order chi connectivity index (χ1) is 11.5. The van der Waals surface area contributed by atoms with Gasteiger partial charge in [0.2, 0.25) is 0 Å². The van der Waals surface area contributed by atoms with Crippen LogP contribution in [0, 0.1) is 0 Å². The number of hydrogen-bond acceptors (Lipinski definition) is 6. The predicted molar refractivity (Wildman–Crippen MR) is 91.5 cm³/mol. The summed E-state index contributed by atoms with van der Waals surface area (Å²) < 4.78 is 32.9. The van der Waals surface area contributed by atoms with E-state index in [2.05, 4.69) is 0 Å². The second-order valence-electron chi connectivity index (χ2n) is 7.66. The molecule has 1 unspecified atom stereocenters. The van der Waals surface area contributed by atoms with Crippen LogP contribution in [0.25, 0.3) is 0 Å². The Morgan fingerprint density at radius 3 is 2.24 bits per heavy atom. The number of hydrogen-bond donors (Lipinski definition) is 0. The maximum atomic E-state index is 12.5. The van der Waals surface area contributed by atoms with Crippen molar-refractivity contribution in [3.05, 3.63) is 0 Å². The van der Waals surface area contributed by atoms with Gasteiger partial charge in [-0.25, -0.2) is 4.79 Å². The molecule has 1 atom stereocenters. The Labute approximate surface area is 149 Å². The van der Waals surface area contributed by atoms with E-state index in [1.165, 1.54) is 0 Å². The molecule has 0 aliphatic carbocycles. The van der Waals surface area contributed by atoms with Gasteiger partial charge in [-0.2, -0.15) is 8.42 Å². The van der Waals surface area contributed by atoms with Crippen LogP contribution in [0.2, 0.25) is 0 Å². The van der Waals surface area contributed by atoms with Crippen molar-refractivity contribution in [1.82, 2.24) is 9.80 Å². The Bertz CT molecular complexity index is 605. The molecule has 0 N–H and O–H groups in total. The summed E-state index contributed by atoms with van der Waals surface area (Å²) in [5.41, 5.74) is -0.535. The Kier molecular flexibility index (Phi) is 5.98. The molecule has 8 nitrogen and oxygen atoms in total. The van der Waals surface area contributed by atoms with Gasteiger partial charge in [0, 0.05) is 25.7 Å². The number of rotatable bonds is 3. The zero-order valence-corrected chi connectivity index (χ0v) is 16.2. The first-order valence-electron chi connectivity index (χ1n) is 8.63. The Morgan fingerprint density at radius 1 is 1.12 bits per heavy atom. The molecule has 25 heavy (non-hydrogen) atoms. The molecule has 2 amide bonds. The van der Waals surface area contributed by atoms with Crippen molar-refractivity contribution < 1.29 is 26.9 Å². The van der Waals surface area contributed by atoms with E-state index < -0.39 is 21.8 Å². The van der Waals surface area contributed by atoms with Gasteiger partial charge in [-0.15, -0.1) is 0 Å². The third-order valence-corrected chi connectivity index (χ3v) is 4.85. The summed E-state index contributed by atoms with van der Waals surface area (Å²) in [5, 5.41) is 0. The Morgan fingerprint density at radius 2 is 1.72 bits per heavy atom. The van der Waals surface area contributed by atoms with Crippen LogP contribution in [0.1, 0.15) is 46.5 Å². The highest BCUT2D eigenvalue weighted by Crippen LogP contribution is 2.25. The highest BCUT2D eigenvalue weighted by molar-refractivity contribution is 7.86. The van der Waals surface area contributed by atoms with E-state index in [4.69, 9.17) is 8.92 Å². The van der Waals surface area contributed by atoms with Crippen molar-refractivity contribution in [3.8, 4) is 0 Å². The van der Waals surface area contributed by atoms with Crippen molar-refractivity contribution in [3.63, 3.8) is 0 Å². The van der Waals surface area contributed by atoms with E-state index in [1.54, 1.807) is 9.80 Å². The zero-order valence-electron chi connectivity index (χ0n) is 15.4. The normalized spacial score (nSPS) is 23.7. The number of amides is 2. The van der Waals surface area contributed by atoms with E-state index in [-0.39, 0.29) is 18.0 Å². The van der Waals surface area contributed by atoms with Gasteiger partial charge in [0.05, 0.1) is 6.26 Å². The summed E-state index contributed by atoms with van der Waals surface area (Å²) in [7, 11) is -3.67. The molecule has 2 aliphatic heterocycles. The van der Waals surface area contributed by atoms with Gasteiger partial charge in [0.15, 0.2) is 6.10 Å². The summed E-state index contributed by atoms with van der Waals surface area (Å²) in [4.78, 5) is 28.0. The first kappa shape index (κ1) is 20.0. The average molecular weight is 376 g/mol. The van der Waals surface area contributed by atoms with Gasteiger partial charge >= 0.3 is 6.09 Å². The molecule has 2 rings (SSSR count). The molecule has 2 fully saturated rings. The standard InChI is InChI=1S/C16H28N2O6S/c1-16(2,3)23-15(20)17-10-7-12(8-11-17)18-9-5-6-13(14(18)19)24-25(4,21)22/h12-13H,5-11H2,1-4H3. The zero-order chi connectivity index (χ0) is 18.8. The summed E-state index contributed by atoms with van der Waals surface area (Å²) in [6.45, 7) is 7.10. The minimum absolute atomic E-state index is 0.00264. The molecule has 2 aliphatic rings. The second-order valence-corrected chi connectivity index (χ2v) is 9.26. The van der Waals surface area contributed by atoms with Crippen LogP contribution in [0.3, 0.4) is 0 Å². The molecule has 0 aromatic carbocycles. The molecular weight excluding hydrogens is 348 g/mol. The smallest absolute Gasteiger partial charge is 0.410 e. The molecule has 0 bridgehead atoms. The van der Waals surface area contributed by atoms with E-state index in [9.17, 15) is 18.0 Å². The van der Waals surface area contributed by atoms with E-state index in [0.29, 0.717) is 45.3 Å². The van der Waals surface area contributed by atoms with Crippen LogP contribution in [0.4, 0.5) is 4.79 Å². The van der Waals surface area contributed by atoms with Gasteiger partial charge in [-0.3, -0.25) is 8.98 Å². The van der Waals surface area contributed by atoms with Crippen LogP contribution in [-0.2, 0) is 23.8 Å². The average Bonchev–Trinajstić information content (AvgIpc) is 2.46. The molecule has 2 saturated heterocycles. The molecular formula is C16H28N2O6S. The third kappa shape index (κ3) is 5.85. The van der Waals surface area contributed by atoms with E-state index in [0.717, 1.165) is 6.26 Å². The predicted octanol–water partition coefficient (Wildman–Crippen LogP) is 1.35. The van der Waals surface area contributed by atoms with Crippen molar-refractivity contribution in [2.24, 2.45) is 0 Å². The molecule has 2 heterocycles. The van der Waals surface area contributed by atoms with Gasteiger partial charge in [0.1, 0.15) is 5.60 Å². The lowest BCUT2D eigenvalue weighted by atomic mass is 9.98. The van der Waals surface area contributed by atoms with Crippen LogP contribution >= 0.6 is 0 Å². The topological polar surface area (TPSA) is 93.2 Å². The largest absolute Gasteiger partial charge is 0.444 e. The van der Waals surface area contributed by atoms with Crippen molar-refractivity contribution in [2.45, 2.75) is 64.2 Å². The minimum atomic E-state index is -3.67. The summed E-state index contributed by atoms with van der Waals surface area (Å²) >= 11 is 0. The molecule has 9 heteroatoms. The number of likely N-dealkylation sites (tertiary alicyclic amines) is 2. The lowest BCUT2D eigenvalue weighted by Crippen LogP contribution is -2.54. The third-order valence-electron chi connectivity index (χ3n) is 4.27. The fraction of sp³-hybridized carbons (Fsp3) is 0.875. The van der Waals surface area contributed by atoms with E-state index >= 15 is 0 Å². The van der Waals surface area contributed by atoms with Gasteiger partial charge in [0.25, 0.3) is 16.0 Å². The van der Waals surface area contributed by atoms with E-state index in [1.807, 2.05) is 20.8 Å². The van der Waals surface area contributed by atoms with Crippen molar-refractivity contribution in [1.29, 1.82) is 0 Å². The molecule has 144 valence electrons. The number of piperidine rings is 2. The minimum Gasteiger partial charge on any atom is -0.444 e. The summed E-state index contributed by atoms with van der Waals surface area (Å²) in [6, 6.07) is -0.00264. The first-order valence-corrected chi connectivity index (χ1v) is 10.4. The fourth-order valence-corrected chi connectivity index (χ4v) is 3.82. The van der Waals surface area contributed by atoms with Gasteiger partial charge in [-0.1, -0.05) is 0 Å². The maximum absolute atomic E-state index is 12.5. The Hall–Kier alpha value is -1.35. The van der Waals surface area contributed by atoms with Crippen molar-refractivity contribution >= 4 is 22.1 Å². The molecule has 0 saturated carbocycles. The highest BCUT2D eigenvalue weighted by Gasteiger charge is 2.37. The highest BCUT2D eigenvalue weighted by atomic mass is 32.2. The number of nitrogens with zero attached hydrogens (tertiary/aromatic N) is 2. The van der Waals surface area contributed by atoms with Gasteiger partial charge in [-0.05, 0) is 46.5 Å². The van der Waals surface area contributed by atoms with Crippen LogP contribution in [0.5, 0.6) is 0 Å². The van der Waals surface area contributed by atoms with Crippen LogP contribution in [-0.4, -0.2) is 73.9 Å². The summed E-state index contributed by atoms with van der Waals surface area (Å²) in [6.07, 6.45) is 2.12. The number of ether oxygens (including phenoxy) is 1. The monoisotopic (exact) mass is 376 g/mol. The summed E-state index contributed by atoms with van der Waals surface area (Å²) in [5.74, 6) is -0.271. The van der Waals surface area contributed by atoms with Crippen LogP contribution in [0.15, 0.2) is 0 Å². The second kappa shape index (κ2) is 7.49. The lowest BCUT2D eigenvalue weighted by Gasteiger charge is -2.41. The number of carbonyl (C=O) groups is 2. The van der Waals surface area contributed by atoms with Gasteiger partial charge < -0.3 is 14.5 Å².